The molecule has 0 heterocycles. The van der Waals surface area contributed by atoms with Gasteiger partial charge in [-0.15, -0.1) is 0 Å². The fourth-order valence-electron chi connectivity index (χ4n) is 0.694. The van der Waals surface area contributed by atoms with Gasteiger partial charge < -0.3 is 16.4 Å². The molecule has 0 bridgehead atoms. The minimum Gasteiger partial charge on any atom is -0.354 e. The predicted molar refractivity (Wildman–Crippen MR) is 53.2 cm³/mol. The number of hydrogen-bond acceptors (Lipinski definition) is 4. The fourth-order valence-corrected chi connectivity index (χ4v) is 0.951. The molecule has 1 atom stereocenters. The second kappa shape index (κ2) is 6.73. The van der Waals surface area contributed by atoms with Crippen LogP contribution in [-0.2, 0) is 9.59 Å². The molecule has 75 valence electrons. The third-order valence-corrected chi connectivity index (χ3v) is 1.68. The van der Waals surface area contributed by atoms with Crippen LogP contribution >= 0.6 is 12.6 Å². The fraction of sp³-hybridized carbons (Fsp3) is 0.571. The Bertz CT molecular complexity index is 187. The molecule has 6 heteroatoms. The first-order valence-electron chi connectivity index (χ1n) is 3.83. The zero-order valence-electron chi connectivity index (χ0n) is 7.25. The summed E-state index contributed by atoms with van der Waals surface area (Å²) in [6.07, 6.45) is 0. The maximum atomic E-state index is 11.2. The zero-order chi connectivity index (χ0) is 10.3. The number of carbonyl (C=O) groups is 2. The normalized spacial score (nSPS) is 11.9. The molecule has 0 aromatic carbocycles. The summed E-state index contributed by atoms with van der Waals surface area (Å²) in [6, 6.07) is -0.638. The highest BCUT2D eigenvalue weighted by Crippen LogP contribution is 1.87. The van der Waals surface area contributed by atoms with Crippen molar-refractivity contribution in [1.29, 1.82) is 0 Å². The van der Waals surface area contributed by atoms with E-state index in [0.29, 0.717) is 0 Å². The quantitative estimate of drug-likeness (QED) is 0.403. The number of thiol groups is 1. The maximum Gasteiger partial charge on any atom is 0.243 e. The van der Waals surface area contributed by atoms with Crippen LogP contribution < -0.4 is 16.4 Å². The SMILES string of the molecule is [CH2]CNC(=O)[C@@H](CS)NC(=O)CN. The average Bonchev–Trinajstić information content (AvgIpc) is 2.14. The molecule has 0 aliphatic rings. The van der Waals surface area contributed by atoms with Crippen molar-refractivity contribution in [2.75, 3.05) is 18.8 Å². The van der Waals surface area contributed by atoms with E-state index >= 15 is 0 Å². The van der Waals surface area contributed by atoms with Crippen molar-refractivity contribution in [2.24, 2.45) is 5.73 Å². The Kier molecular flexibility index (Phi) is 6.34. The van der Waals surface area contributed by atoms with Gasteiger partial charge in [0, 0.05) is 12.3 Å². The third-order valence-electron chi connectivity index (χ3n) is 1.32. The lowest BCUT2D eigenvalue weighted by molar-refractivity contribution is -0.127. The van der Waals surface area contributed by atoms with E-state index in [9.17, 15) is 9.59 Å². The van der Waals surface area contributed by atoms with Crippen LogP contribution in [0.15, 0.2) is 0 Å². The van der Waals surface area contributed by atoms with Crippen molar-refractivity contribution < 1.29 is 9.59 Å². The number of nitrogens with one attached hydrogen (secondary N) is 2. The number of amides is 2. The first-order valence-corrected chi connectivity index (χ1v) is 4.46. The summed E-state index contributed by atoms with van der Waals surface area (Å²) in [5, 5.41) is 4.89. The summed E-state index contributed by atoms with van der Waals surface area (Å²) >= 11 is 3.92. The van der Waals surface area contributed by atoms with Gasteiger partial charge in [-0.2, -0.15) is 12.6 Å². The molecular formula is C7H14N3O2S. The van der Waals surface area contributed by atoms with Crippen LogP contribution in [0.5, 0.6) is 0 Å². The number of hydrogen-bond donors (Lipinski definition) is 4. The topological polar surface area (TPSA) is 84.2 Å². The first-order chi connectivity index (χ1) is 6.15. The van der Waals surface area contributed by atoms with Gasteiger partial charge in [0.2, 0.25) is 11.8 Å². The van der Waals surface area contributed by atoms with Crippen LogP contribution in [0.1, 0.15) is 0 Å². The Morgan fingerprint density at radius 2 is 2.15 bits per heavy atom. The van der Waals surface area contributed by atoms with Gasteiger partial charge in [0.25, 0.3) is 0 Å². The zero-order valence-corrected chi connectivity index (χ0v) is 8.14. The molecule has 0 aliphatic heterocycles. The largest absolute Gasteiger partial charge is 0.354 e. The van der Waals surface area contributed by atoms with Gasteiger partial charge >= 0.3 is 0 Å². The molecule has 2 amide bonds. The van der Waals surface area contributed by atoms with E-state index in [4.69, 9.17) is 5.73 Å². The standard InChI is InChI=1S/C7H14N3O2S/c1-2-9-7(12)5(4-13)10-6(11)3-8/h5,13H,1-4,8H2,(H,9,12)(H,10,11)/t5-/m1/s1. The van der Waals surface area contributed by atoms with Gasteiger partial charge in [0.15, 0.2) is 0 Å². The molecule has 0 saturated carbocycles. The molecule has 5 nitrogen and oxygen atoms in total. The molecule has 0 aromatic heterocycles. The average molecular weight is 204 g/mol. The second-order valence-corrected chi connectivity index (χ2v) is 2.66. The lowest BCUT2D eigenvalue weighted by atomic mass is 10.3. The van der Waals surface area contributed by atoms with Gasteiger partial charge in [-0.05, 0) is 6.92 Å². The molecule has 0 unspecified atom stereocenters. The van der Waals surface area contributed by atoms with Crippen molar-refractivity contribution in [2.45, 2.75) is 6.04 Å². The van der Waals surface area contributed by atoms with Crippen LogP contribution in [0.25, 0.3) is 0 Å². The minimum absolute atomic E-state index is 0.137. The molecule has 0 rings (SSSR count). The number of carbonyl (C=O) groups excluding carboxylic acids is 2. The van der Waals surface area contributed by atoms with Crippen molar-refractivity contribution >= 4 is 24.4 Å². The van der Waals surface area contributed by atoms with E-state index in [1.165, 1.54) is 0 Å². The van der Waals surface area contributed by atoms with Crippen LogP contribution in [0, 0.1) is 6.92 Å². The van der Waals surface area contributed by atoms with Crippen LogP contribution in [0.4, 0.5) is 0 Å². The van der Waals surface area contributed by atoms with Gasteiger partial charge in [-0.3, -0.25) is 9.59 Å². The summed E-state index contributed by atoms with van der Waals surface area (Å²) in [5.74, 6) is -0.442. The molecule has 4 N–H and O–H groups in total. The van der Waals surface area contributed by atoms with E-state index in [1.54, 1.807) is 0 Å². The highest BCUT2D eigenvalue weighted by Gasteiger charge is 2.17. The molecular weight excluding hydrogens is 190 g/mol. The summed E-state index contributed by atoms with van der Waals surface area (Å²) in [6.45, 7) is 3.59. The monoisotopic (exact) mass is 204 g/mol. The van der Waals surface area contributed by atoms with Crippen molar-refractivity contribution in [1.82, 2.24) is 10.6 Å². The smallest absolute Gasteiger partial charge is 0.243 e. The third kappa shape index (κ3) is 4.74. The van der Waals surface area contributed by atoms with E-state index in [0.717, 1.165) is 0 Å². The first kappa shape index (κ1) is 12.2. The molecule has 1 radical (unpaired) electrons. The van der Waals surface area contributed by atoms with Crippen molar-refractivity contribution in [3.63, 3.8) is 0 Å². The van der Waals surface area contributed by atoms with Crippen molar-refractivity contribution in [3.05, 3.63) is 6.92 Å². The number of rotatable bonds is 5. The Balaban J connectivity index is 4.01. The predicted octanol–water partition coefficient (Wildman–Crippen LogP) is -1.69. The molecule has 0 aromatic rings. The lowest BCUT2D eigenvalue weighted by Gasteiger charge is -2.14. The highest BCUT2D eigenvalue weighted by molar-refractivity contribution is 7.80. The van der Waals surface area contributed by atoms with E-state index < -0.39 is 6.04 Å². The van der Waals surface area contributed by atoms with E-state index in [1.807, 2.05) is 0 Å². The Morgan fingerprint density at radius 1 is 1.54 bits per heavy atom. The Labute approximate surface area is 82.8 Å². The van der Waals surface area contributed by atoms with Gasteiger partial charge in [0.05, 0.1) is 6.54 Å². The summed E-state index contributed by atoms with van der Waals surface area (Å²) < 4.78 is 0. The second-order valence-electron chi connectivity index (χ2n) is 2.30. The van der Waals surface area contributed by atoms with E-state index in [2.05, 4.69) is 30.2 Å². The van der Waals surface area contributed by atoms with Gasteiger partial charge in [-0.25, -0.2) is 0 Å². The van der Waals surface area contributed by atoms with Crippen LogP contribution in [0.2, 0.25) is 0 Å². The molecule has 0 fully saturated rings. The number of nitrogens with two attached hydrogens (primary N) is 1. The summed E-state index contributed by atoms with van der Waals surface area (Å²) in [4.78, 5) is 22.0. The molecule has 0 aliphatic carbocycles. The Morgan fingerprint density at radius 3 is 2.54 bits per heavy atom. The van der Waals surface area contributed by atoms with Crippen molar-refractivity contribution in [3.8, 4) is 0 Å². The van der Waals surface area contributed by atoms with E-state index in [-0.39, 0.29) is 30.7 Å². The molecule has 13 heavy (non-hydrogen) atoms. The summed E-state index contributed by atoms with van der Waals surface area (Å²) in [5.41, 5.74) is 5.07. The molecule has 0 spiro atoms. The van der Waals surface area contributed by atoms with Gasteiger partial charge in [0.1, 0.15) is 6.04 Å². The lowest BCUT2D eigenvalue weighted by Crippen LogP contribution is -2.49. The molecule has 0 saturated heterocycles. The minimum atomic E-state index is -0.638. The van der Waals surface area contributed by atoms with Gasteiger partial charge in [-0.1, -0.05) is 0 Å². The van der Waals surface area contributed by atoms with Crippen LogP contribution in [0.3, 0.4) is 0 Å². The maximum absolute atomic E-state index is 11.2. The Hall–Kier alpha value is -0.750. The summed E-state index contributed by atoms with van der Waals surface area (Å²) in [7, 11) is 0. The van der Waals surface area contributed by atoms with Crippen LogP contribution in [-0.4, -0.2) is 36.7 Å². The highest BCUT2D eigenvalue weighted by atomic mass is 32.1.